The van der Waals surface area contributed by atoms with Crippen molar-refractivity contribution in [2.24, 2.45) is 0 Å². The first-order valence-corrected chi connectivity index (χ1v) is 21.7. The van der Waals surface area contributed by atoms with Crippen LogP contribution < -0.4 is 0 Å². The minimum absolute atomic E-state index is 1.42. The Balaban J connectivity index is 0. The fourth-order valence-electron chi connectivity index (χ4n) is 1.50. The molecule has 0 aromatic heterocycles. The zero-order chi connectivity index (χ0) is 18.6. The summed E-state index contributed by atoms with van der Waals surface area (Å²) in [4.78, 5) is 0. The van der Waals surface area contributed by atoms with E-state index >= 15 is 0 Å². The average Bonchev–Trinajstić information content (AvgIpc) is 1.82. The van der Waals surface area contributed by atoms with Crippen molar-refractivity contribution in [2.45, 2.75) is 78.6 Å². The van der Waals surface area contributed by atoms with Crippen molar-refractivity contribution in [2.75, 3.05) is 0 Å². The topological polar surface area (TPSA) is 27.7 Å². The largest absolute Gasteiger partial charge is 0.458 e. The van der Waals surface area contributed by atoms with Crippen LogP contribution in [0.2, 0.25) is 78.6 Å². The molecule has 0 N–H and O–H groups in total. The molecule has 0 unspecified atom stereocenters. The van der Waals surface area contributed by atoms with Crippen molar-refractivity contribution in [3.8, 4) is 0 Å². The number of hydrogen-bond donors (Lipinski definition) is 0. The molecular formula is C12H38O3Si5. The maximum atomic E-state index is 8.00. The molecule has 0 heterocycles. The van der Waals surface area contributed by atoms with Crippen LogP contribution in [0.4, 0.5) is 0 Å². The van der Waals surface area contributed by atoms with Crippen LogP contribution in [0.3, 0.4) is 0 Å². The van der Waals surface area contributed by atoms with E-state index < -0.39 is 43.1 Å². The van der Waals surface area contributed by atoms with E-state index in [1.54, 1.807) is 0 Å². The Labute approximate surface area is 136 Å². The molecule has 0 radical (unpaired) electrons. The molecule has 3 nitrogen and oxygen atoms in total. The normalized spacial score (nSPS) is 16.0. The lowest BCUT2D eigenvalue weighted by atomic mass is 11.8. The molecule has 20 heavy (non-hydrogen) atoms. The van der Waals surface area contributed by atoms with Gasteiger partial charge < -0.3 is 12.3 Å². The quantitative estimate of drug-likeness (QED) is 0.648. The lowest BCUT2D eigenvalue weighted by Gasteiger charge is -2.28. The molecule has 0 saturated carbocycles. The van der Waals surface area contributed by atoms with Crippen LogP contribution in [0.15, 0.2) is 0 Å². The number of hydrogen-bond acceptors (Lipinski definition) is 3. The molecule has 0 spiro atoms. The summed E-state index contributed by atoms with van der Waals surface area (Å²) in [5.74, 6) is 0. The van der Waals surface area contributed by atoms with Crippen LogP contribution in [0.25, 0.3) is 0 Å². The zero-order valence-electron chi connectivity index (χ0n) is 17.7. The van der Waals surface area contributed by atoms with Crippen LogP contribution in [-0.2, 0) is 12.3 Å². The predicted molar refractivity (Wildman–Crippen MR) is 105 cm³/mol. The summed E-state index contributed by atoms with van der Waals surface area (Å²) < 4.78 is 32.6. The van der Waals surface area contributed by atoms with Gasteiger partial charge >= 0.3 is 0 Å². The van der Waals surface area contributed by atoms with E-state index in [2.05, 4.69) is 58.9 Å². The molecule has 0 atom stereocenters. The summed E-state index contributed by atoms with van der Waals surface area (Å²) in [6, 6.07) is 0. The first-order chi connectivity index (χ1) is 9.12. The van der Waals surface area contributed by atoms with Crippen molar-refractivity contribution in [3.63, 3.8) is 0 Å². The molecule has 0 rings (SSSR count). The van der Waals surface area contributed by atoms with Crippen molar-refractivity contribution in [1.29, 1.82) is 2.47 Å². The SMILES string of the molecule is [2H][Si](C)(C)O[Si](C)(C)C.[2H][Si](C)(O[Si](C)(C)C)O[Si](C)(C)C. The maximum Gasteiger partial charge on any atom is 0.297 e. The van der Waals surface area contributed by atoms with Crippen molar-refractivity contribution >= 4 is 43.1 Å². The van der Waals surface area contributed by atoms with Gasteiger partial charge in [-0.3, -0.25) is 0 Å². The minimum atomic E-state index is -2.60. The van der Waals surface area contributed by atoms with Gasteiger partial charge in [0, 0.05) is 1.23 Å². The summed E-state index contributed by atoms with van der Waals surface area (Å²) >= 11 is 0. The summed E-state index contributed by atoms with van der Waals surface area (Å²) in [7, 11) is -9.24. The van der Waals surface area contributed by atoms with E-state index in [9.17, 15) is 0 Å². The van der Waals surface area contributed by atoms with Gasteiger partial charge in [0.15, 0.2) is 33.9 Å². The summed E-state index contributed by atoms with van der Waals surface area (Å²) in [5.41, 5.74) is 0. The van der Waals surface area contributed by atoms with Crippen LogP contribution in [0.5, 0.6) is 0 Å². The van der Waals surface area contributed by atoms with Crippen molar-refractivity contribution < 1.29 is 12.3 Å². The van der Waals surface area contributed by atoms with Gasteiger partial charge in [-0.1, -0.05) is 0 Å². The molecule has 0 aromatic rings. The standard InChI is InChI=1S/C7H22O2Si3.C5H16OSi2/c1-10(8-11(2,3)4)9-12(5,6)7;1-7(2)6-8(3,4)5/h10H,1-7H3;7H,1-5H3/i10D;7D. The Kier molecular flexibility index (Phi) is 8.73. The van der Waals surface area contributed by atoms with Gasteiger partial charge in [-0.2, -0.15) is 0 Å². The predicted octanol–water partition coefficient (Wildman–Crippen LogP) is 4.36. The van der Waals surface area contributed by atoms with Gasteiger partial charge in [0.1, 0.15) is 0 Å². The Hall–Kier alpha value is 0.964. The van der Waals surface area contributed by atoms with Crippen LogP contribution in [0, 0.1) is 0 Å². The third-order valence-electron chi connectivity index (χ3n) is 1.41. The van der Waals surface area contributed by atoms with Crippen molar-refractivity contribution in [3.05, 3.63) is 0 Å². The molecule has 0 bridgehead atoms. The summed E-state index contributed by atoms with van der Waals surface area (Å²) in [6.45, 7) is 24.6. The molecule has 0 aliphatic carbocycles. The third-order valence-corrected chi connectivity index (χ3v) is 12.7. The Bertz CT molecular complexity index is 298. The first kappa shape index (κ1) is 19.0. The van der Waals surface area contributed by atoms with Gasteiger partial charge in [-0.25, -0.2) is 0 Å². The second-order valence-corrected chi connectivity index (χ2v) is 26.0. The first-order valence-electron chi connectivity index (χ1n) is 8.22. The van der Waals surface area contributed by atoms with E-state index in [0.717, 1.165) is 0 Å². The van der Waals surface area contributed by atoms with Crippen molar-refractivity contribution in [1.82, 2.24) is 0 Å². The summed E-state index contributed by atoms with van der Waals surface area (Å²) in [5, 5.41) is 0. The highest BCUT2D eigenvalue weighted by atomic mass is 28.4. The lowest BCUT2D eigenvalue weighted by molar-refractivity contribution is 0.428. The van der Waals surface area contributed by atoms with Crippen LogP contribution >= 0.6 is 0 Å². The van der Waals surface area contributed by atoms with Gasteiger partial charge in [0.05, 0.1) is 1.23 Å². The van der Waals surface area contributed by atoms with Gasteiger partial charge in [-0.05, 0) is 78.6 Å². The average molecular weight is 373 g/mol. The number of rotatable bonds is 6. The lowest BCUT2D eigenvalue weighted by Crippen LogP contribution is -2.41. The van der Waals surface area contributed by atoms with E-state index in [4.69, 9.17) is 14.8 Å². The van der Waals surface area contributed by atoms with E-state index in [0.29, 0.717) is 0 Å². The van der Waals surface area contributed by atoms with Gasteiger partial charge in [-0.15, -0.1) is 0 Å². The smallest absolute Gasteiger partial charge is 0.297 e. The van der Waals surface area contributed by atoms with E-state index in [1.807, 2.05) is 19.6 Å². The molecule has 0 aliphatic heterocycles. The Morgan fingerprint density at radius 2 is 0.850 bits per heavy atom. The molecule has 124 valence electrons. The third kappa shape index (κ3) is 24.0. The molecule has 8 heteroatoms. The molecule has 0 fully saturated rings. The summed E-state index contributed by atoms with van der Waals surface area (Å²) in [6.07, 6.45) is 0. The fourth-order valence-corrected chi connectivity index (χ4v) is 13.8. The van der Waals surface area contributed by atoms with Crippen LogP contribution in [0.1, 0.15) is 0 Å². The fraction of sp³-hybridized carbons (Fsp3) is 1.00. The highest BCUT2D eigenvalue weighted by molar-refractivity contribution is 6.80. The van der Waals surface area contributed by atoms with E-state index in [1.165, 1.54) is 0 Å². The highest BCUT2D eigenvalue weighted by Crippen LogP contribution is 2.10. The Morgan fingerprint density at radius 1 is 0.600 bits per heavy atom. The monoisotopic (exact) mass is 372 g/mol. The molecular weight excluding hydrogens is 333 g/mol. The molecule has 0 aromatic carbocycles. The molecule has 0 amide bonds. The maximum absolute atomic E-state index is 8.00. The van der Waals surface area contributed by atoms with Gasteiger partial charge in [0.25, 0.3) is 9.22 Å². The second kappa shape index (κ2) is 9.18. The van der Waals surface area contributed by atoms with Gasteiger partial charge in [0.2, 0.25) is 0 Å². The molecule has 0 saturated heterocycles. The highest BCUT2D eigenvalue weighted by Gasteiger charge is 2.24. The molecule has 0 aliphatic rings. The zero-order valence-corrected chi connectivity index (χ0v) is 20.7. The van der Waals surface area contributed by atoms with Crippen LogP contribution in [-0.4, -0.2) is 45.6 Å². The Morgan fingerprint density at radius 3 is 0.950 bits per heavy atom. The second-order valence-electron chi connectivity index (χ2n) is 8.04. The van der Waals surface area contributed by atoms with E-state index in [-0.39, 0.29) is 0 Å². The minimum Gasteiger partial charge on any atom is -0.458 e.